The molecular formula is C16H32N2O. The van der Waals surface area contributed by atoms with Crippen molar-refractivity contribution >= 4 is 0 Å². The van der Waals surface area contributed by atoms with Crippen molar-refractivity contribution in [2.75, 3.05) is 19.6 Å². The van der Waals surface area contributed by atoms with Gasteiger partial charge in [-0.15, -0.1) is 0 Å². The molecule has 1 saturated carbocycles. The molecular weight excluding hydrogens is 236 g/mol. The van der Waals surface area contributed by atoms with Crippen LogP contribution in [0.15, 0.2) is 0 Å². The second-order valence-corrected chi connectivity index (χ2v) is 6.62. The number of hydrogen-bond acceptors (Lipinski definition) is 3. The second kappa shape index (κ2) is 7.61. The average Bonchev–Trinajstić information content (AvgIpc) is 2.42. The van der Waals surface area contributed by atoms with Crippen LogP contribution in [0.1, 0.15) is 58.8 Å². The lowest BCUT2D eigenvalue weighted by molar-refractivity contribution is 0.0724. The maximum absolute atomic E-state index is 10.1. The molecule has 0 spiro atoms. The van der Waals surface area contributed by atoms with Gasteiger partial charge in [0.05, 0.1) is 6.10 Å². The van der Waals surface area contributed by atoms with Gasteiger partial charge in [0, 0.05) is 18.6 Å². The fourth-order valence-corrected chi connectivity index (χ4v) is 3.80. The van der Waals surface area contributed by atoms with Gasteiger partial charge in [-0.25, -0.2) is 0 Å². The molecule has 1 aliphatic heterocycles. The zero-order valence-corrected chi connectivity index (χ0v) is 12.8. The zero-order valence-electron chi connectivity index (χ0n) is 12.8. The number of nitrogens with zero attached hydrogens (tertiary/aromatic N) is 1. The van der Waals surface area contributed by atoms with E-state index in [4.69, 9.17) is 0 Å². The molecule has 3 heteroatoms. The first-order valence-corrected chi connectivity index (χ1v) is 8.37. The van der Waals surface area contributed by atoms with E-state index in [1.165, 1.54) is 51.7 Å². The molecule has 2 N–H and O–H groups in total. The Hall–Kier alpha value is -0.120. The maximum atomic E-state index is 10.1. The third kappa shape index (κ3) is 4.44. The number of likely N-dealkylation sites (tertiary alicyclic amines) is 1. The van der Waals surface area contributed by atoms with E-state index in [0.29, 0.717) is 12.1 Å². The van der Waals surface area contributed by atoms with Crippen LogP contribution in [0.5, 0.6) is 0 Å². The first kappa shape index (κ1) is 15.3. The van der Waals surface area contributed by atoms with Gasteiger partial charge < -0.3 is 15.3 Å². The molecule has 112 valence electrons. The van der Waals surface area contributed by atoms with Crippen molar-refractivity contribution in [1.82, 2.24) is 10.2 Å². The summed E-state index contributed by atoms with van der Waals surface area (Å²) in [5, 5.41) is 13.8. The molecule has 2 rings (SSSR count). The molecule has 0 aromatic heterocycles. The van der Waals surface area contributed by atoms with Crippen molar-refractivity contribution < 1.29 is 5.11 Å². The van der Waals surface area contributed by atoms with Crippen LogP contribution in [0, 0.1) is 5.92 Å². The first-order valence-electron chi connectivity index (χ1n) is 8.37. The predicted molar refractivity (Wildman–Crippen MR) is 80.3 cm³/mol. The minimum absolute atomic E-state index is 0.119. The van der Waals surface area contributed by atoms with Crippen molar-refractivity contribution in [3.8, 4) is 0 Å². The third-order valence-electron chi connectivity index (χ3n) is 5.00. The van der Waals surface area contributed by atoms with Crippen LogP contribution in [-0.4, -0.2) is 47.8 Å². The summed E-state index contributed by atoms with van der Waals surface area (Å²) in [5.74, 6) is 0.759. The smallest absolute Gasteiger partial charge is 0.0693 e. The summed E-state index contributed by atoms with van der Waals surface area (Å²) in [5.41, 5.74) is 0. The molecule has 4 unspecified atom stereocenters. The largest absolute Gasteiger partial charge is 0.392 e. The molecule has 0 amide bonds. The molecule has 0 aromatic rings. The number of piperidine rings is 1. The standard InChI is InChI=1S/C16H32N2O/c1-3-10-18-11-6-7-14(12-18)13(2)17-15-8-4-5-9-16(15)19/h13-17,19H,3-12H2,1-2H3. The van der Waals surface area contributed by atoms with E-state index in [2.05, 4.69) is 24.1 Å². The predicted octanol–water partition coefficient (Wildman–Crippen LogP) is 2.39. The first-order chi connectivity index (χ1) is 9.20. The van der Waals surface area contributed by atoms with Crippen molar-refractivity contribution in [3.05, 3.63) is 0 Å². The van der Waals surface area contributed by atoms with Gasteiger partial charge in [0.25, 0.3) is 0 Å². The van der Waals surface area contributed by atoms with E-state index >= 15 is 0 Å². The molecule has 3 nitrogen and oxygen atoms in total. The van der Waals surface area contributed by atoms with Gasteiger partial charge in [-0.1, -0.05) is 19.8 Å². The highest BCUT2D eigenvalue weighted by Crippen LogP contribution is 2.23. The van der Waals surface area contributed by atoms with Crippen molar-refractivity contribution in [3.63, 3.8) is 0 Å². The van der Waals surface area contributed by atoms with Gasteiger partial charge in [0.15, 0.2) is 0 Å². The number of nitrogens with one attached hydrogen (secondary N) is 1. The summed E-state index contributed by atoms with van der Waals surface area (Å²) in [6, 6.07) is 0.878. The Kier molecular flexibility index (Phi) is 6.11. The molecule has 1 heterocycles. The Balaban J connectivity index is 1.79. The molecule has 1 aliphatic carbocycles. The van der Waals surface area contributed by atoms with E-state index in [-0.39, 0.29) is 6.10 Å². The van der Waals surface area contributed by atoms with Gasteiger partial charge in [-0.2, -0.15) is 0 Å². The zero-order chi connectivity index (χ0) is 13.7. The minimum Gasteiger partial charge on any atom is -0.392 e. The highest BCUT2D eigenvalue weighted by molar-refractivity contribution is 4.87. The quantitative estimate of drug-likeness (QED) is 0.803. The van der Waals surface area contributed by atoms with Crippen LogP contribution in [0.25, 0.3) is 0 Å². The number of aliphatic hydroxyl groups excluding tert-OH is 1. The van der Waals surface area contributed by atoms with E-state index in [9.17, 15) is 5.11 Å². The lowest BCUT2D eigenvalue weighted by Crippen LogP contribution is -2.51. The summed E-state index contributed by atoms with van der Waals surface area (Å²) in [4.78, 5) is 2.61. The van der Waals surface area contributed by atoms with Crippen LogP contribution in [-0.2, 0) is 0 Å². The van der Waals surface area contributed by atoms with E-state index < -0.39 is 0 Å². The van der Waals surface area contributed by atoms with Crippen molar-refractivity contribution in [1.29, 1.82) is 0 Å². The second-order valence-electron chi connectivity index (χ2n) is 6.62. The minimum atomic E-state index is -0.119. The molecule has 2 aliphatic rings. The number of rotatable bonds is 5. The van der Waals surface area contributed by atoms with Gasteiger partial charge in [0.1, 0.15) is 0 Å². The van der Waals surface area contributed by atoms with E-state index in [1.54, 1.807) is 0 Å². The van der Waals surface area contributed by atoms with Gasteiger partial charge in [-0.05, 0) is 58.0 Å². The molecule has 1 saturated heterocycles. The summed E-state index contributed by atoms with van der Waals surface area (Å²) in [7, 11) is 0. The van der Waals surface area contributed by atoms with Gasteiger partial charge in [-0.3, -0.25) is 0 Å². The molecule has 0 radical (unpaired) electrons. The van der Waals surface area contributed by atoms with E-state index in [0.717, 1.165) is 18.8 Å². The Morgan fingerprint density at radius 3 is 2.74 bits per heavy atom. The number of hydrogen-bond donors (Lipinski definition) is 2. The van der Waals surface area contributed by atoms with E-state index in [1.807, 2.05) is 0 Å². The summed E-state index contributed by atoms with van der Waals surface area (Å²) >= 11 is 0. The van der Waals surface area contributed by atoms with Gasteiger partial charge in [0.2, 0.25) is 0 Å². The van der Waals surface area contributed by atoms with Crippen molar-refractivity contribution in [2.45, 2.75) is 77.0 Å². The Bertz CT molecular complexity index is 257. The van der Waals surface area contributed by atoms with Crippen LogP contribution < -0.4 is 5.32 Å². The SMILES string of the molecule is CCCN1CCCC(C(C)NC2CCCCC2O)C1. The fraction of sp³-hybridized carbons (Fsp3) is 1.00. The van der Waals surface area contributed by atoms with Crippen LogP contribution >= 0.6 is 0 Å². The summed E-state index contributed by atoms with van der Waals surface area (Å²) < 4.78 is 0. The molecule has 0 bridgehead atoms. The number of aliphatic hydroxyl groups is 1. The monoisotopic (exact) mass is 268 g/mol. The van der Waals surface area contributed by atoms with Gasteiger partial charge >= 0.3 is 0 Å². The topological polar surface area (TPSA) is 35.5 Å². The fourth-order valence-electron chi connectivity index (χ4n) is 3.80. The Morgan fingerprint density at radius 2 is 2.00 bits per heavy atom. The molecule has 19 heavy (non-hydrogen) atoms. The molecule has 2 fully saturated rings. The summed E-state index contributed by atoms with van der Waals surface area (Å²) in [6.45, 7) is 8.36. The Morgan fingerprint density at radius 1 is 1.21 bits per heavy atom. The highest BCUT2D eigenvalue weighted by Gasteiger charge is 2.29. The highest BCUT2D eigenvalue weighted by atomic mass is 16.3. The third-order valence-corrected chi connectivity index (χ3v) is 5.00. The van der Waals surface area contributed by atoms with Crippen LogP contribution in [0.3, 0.4) is 0 Å². The maximum Gasteiger partial charge on any atom is 0.0693 e. The molecule has 0 aromatic carbocycles. The average molecular weight is 268 g/mol. The Labute approximate surface area is 118 Å². The molecule has 4 atom stereocenters. The van der Waals surface area contributed by atoms with Crippen LogP contribution in [0.4, 0.5) is 0 Å². The lowest BCUT2D eigenvalue weighted by Gasteiger charge is -2.39. The summed E-state index contributed by atoms with van der Waals surface area (Å²) in [6.07, 6.45) is 8.42. The normalized spacial score (nSPS) is 35.2. The van der Waals surface area contributed by atoms with Crippen molar-refractivity contribution in [2.24, 2.45) is 5.92 Å². The lowest BCUT2D eigenvalue weighted by atomic mass is 9.88. The van der Waals surface area contributed by atoms with Crippen LogP contribution in [0.2, 0.25) is 0 Å².